The summed E-state index contributed by atoms with van der Waals surface area (Å²) in [5, 5.41) is 23.9. The smallest absolute Gasteiger partial charge is 0.266 e. The molecule has 0 aliphatic heterocycles. The second-order valence-corrected chi connectivity index (χ2v) is 9.77. The second kappa shape index (κ2) is 9.27. The number of aromatic nitrogens is 1. The first kappa shape index (κ1) is 22.9. The average molecular weight is 475 g/mol. The van der Waals surface area contributed by atoms with Gasteiger partial charge in [-0.25, -0.2) is 0 Å². The van der Waals surface area contributed by atoms with Crippen LogP contribution in [0.3, 0.4) is 0 Å². The van der Waals surface area contributed by atoms with Crippen molar-refractivity contribution in [3.63, 3.8) is 0 Å². The van der Waals surface area contributed by atoms with Crippen LogP contribution < -0.4 is 5.32 Å². The molecule has 2 heterocycles. The zero-order valence-electron chi connectivity index (χ0n) is 18.8. The lowest BCUT2D eigenvalue weighted by Crippen LogP contribution is -2.14. The van der Waals surface area contributed by atoms with Gasteiger partial charge in [-0.15, -0.1) is 11.3 Å². The van der Waals surface area contributed by atoms with Gasteiger partial charge >= 0.3 is 0 Å². The van der Waals surface area contributed by atoms with E-state index < -0.39 is 5.91 Å². The van der Waals surface area contributed by atoms with E-state index in [2.05, 4.69) is 16.0 Å². The fourth-order valence-corrected chi connectivity index (χ4v) is 6.01. The molecule has 0 unspecified atom stereocenters. The van der Waals surface area contributed by atoms with E-state index in [1.54, 1.807) is 35.6 Å². The lowest BCUT2D eigenvalue weighted by atomic mass is 9.96. The van der Waals surface area contributed by atoms with Gasteiger partial charge in [0.1, 0.15) is 22.7 Å². The van der Waals surface area contributed by atoms with Crippen molar-refractivity contribution in [1.82, 2.24) is 4.57 Å². The molecule has 166 valence electrons. The fraction of sp³-hybridized carbons (Fsp3) is 0.269. The number of amides is 1. The molecule has 7 heteroatoms. The predicted octanol–water partition coefficient (Wildman–Crippen LogP) is 6.41. The Morgan fingerprint density at radius 2 is 1.94 bits per heavy atom. The van der Waals surface area contributed by atoms with Crippen molar-refractivity contribution in [3.05, 3.63) is 73.4 Å². The van der Waals surface area contributed by atoms with Crippen molar-refractivity contribution in [2.45, 2.75) is 46.5 Å². The van der Waals surface area contributed by atoms with Gasteiger partial charge in [0, 0.05) is 27.0 Å². The molecule has 5 nitrogen and oxygen atoms in total. The van der Waals surface area contributed by atoms with Crippen molar-refractivity contribution < 1.29 is 4.79 Å². The molecule has 3 aromatic rings. The molecular weight excluding hydrogens is 452 g/mol. The number of nitrogens with zero attached hydrogens (tertiary/aromatic N) is 3. The summed E-state index contributed by atoms with van der Waals surface area (Å²) in [6, 6.07) is 11.6. The number of hydrogen-bond donors (Lipinski definition) is 1. The number of aryl methyl sites for hydroxylation is 3. The van der Waals surface area contributed by atoms with Crippen molar-refractivity contribution >= 4 is 40.6 Å². The van der Waals surface area contributed by atoms with Crippen molar-refractivity contribution in [3.8, 4) is 17.1 Å². The predicted molar refractivity (Wildman–Crippen MR) is 133 cm³/mol. The lowest BCUT2D eigenvalue weighted by Gasteiger charge is -2.10. The normalized spacial score (nSPS) is 13.2. The van der Waals surface area contributed by atoms with Gasteiger partial charge < -0.3 is 9.88 Å². The molecule has 1 aromatic carbocycles. The van der Waals surface area contributed by atoms with Crippen LogP contribution in [0, 0.1) is 43.4 Å². The van der Waals surface area contributed by atoms with Gasteiger partial charge in [0.05, 0.1) is 5.56 Å². The Morgan fingerprint density at radius 3 is 2.64 bits per heavy atom. The molecule has 0 atom stereocenters. The van der Waals surface area contributed by atoms with Crippen molar-refractivity contribution in [2.24, 2.45) is 0 Å². The van der Waals surface area contributed by atoms with Crippen LogP contribution in [0.5, 0.6) is 0 Å². The minimum Gasteiger partial charge on any atom is -0.321 e. The number of fused-ring (bicyclic) bond motifs is 1. The van der Waals surface area contributed by atoms with Crippen LogP contribution >= 0.6 is 22.9 Å². The molecule has 0 spiro atoms. The third kappa shape index (κ3) is 4.33. The molecular formula is C26H23ClN4OS. The minimum atomic E-state index is -0.475. The zero-order valence-corrected chi connectivity index (χ0v) is 20.3. The Balaban J connectivity index is 1.70. The van der Waals surface area contributed by atoms with E-state index in [0.717, 1.165) is 58.8 Å². The van der Waals surface area contributed by atoms with E-state index in [1.807, 2.05) is 32.9 Å². The number of hydrogen-bond acceptors (Lipinski definition) is 4. The third-order valence-electron chi connectivity index (χ3n) is 6.04. The van der Waals surface area contributed by atoms with Crippen molar-refractivity contribution in [1.29, 1.82) is 10.5 Å². The van der Waals surface area contributed by atoms with E-state index >= 15 is 0 Å². The van der Waals surface area contributed by atoms with Crippen LogP contribution in [-0.4, -0.2) is 10.5 Å². The van der Waals surface area contributed by atoms with Crippen LogP contribution in [0.1, 0.15) is 51.4 Å². The SMILES string of the molecule is Cc1cc(Cl)ccc1NC(=O)/C(C#N)=C/c1cc(C)n(-c2sc3c(c2C#N)CCCC3)c1C. The van der Waals surface area contributed by atoms with Gasteiger partial charge in [-0.05, 0) is 93.5 Å². The van der Waals surface area contributed by atoms with Crippen LogP contribution in [0.15, 0.2) is 29.8 Å². The van der Waals surface area contributed by atoms with E-state index in [0.29, 0.717) is 10.7 Å². The number of thiophene rings is 1. The molecule has 0 radical (unpaired) electrons. The molecule has 1 aliphatic carbocycles. The van der Waals surface area contributed by atoms with Crippen LogP contribution in [0.2, 0.25) is 5.02 Å². The Morgan fingerprint density at radius 1 is 1.18 bits per heavy atom. The summed E-state index contributed by atoms with van der Waals surface area (Å²) in [6.07, 6.45) is 5.85. The van der Waals surface area contributed by atoms with Gasteiger partial charge in [-0.3, -0.25) is 4.79 Å². The Labute approximate surface area is 202 Å². The maximum absolute atomic E-state index is 12.8. The molecule has 0 saturated carbocycles. The van der Waals surface area contributed by atoms with Gasteiger partial charge in [0.15, 0.2) is 0 Å². The van der Waals surface area contributed by atoms with Gasteiger partial charge in [-0.2, -0.15) is 10.5 Å². The van der Waals surface area contributed by atoms with Crippen LogP contribution in [0.25, 0.3) is 11.1 Å². The molecule has 4 rings (SSSR count). The van der Waals surface area contributed by atoms with Crippen LogP contribution in [-0.2, 0) is 17.6 Å². The minimum absolute atomic E-state index is 0.00980. The number of nitrogens with one attached hydrogen (secondary N) is 1. The number of carbonyl (C=O) groups excluding carboxylic acids is 1. The first-order valence-electron chi connectivity index (χ1n) is 10.8. The molecule has 1 aliphatic rings. The number of benzene rings is 1. The van der Waals surface area contributed by atoms with Crippen molar-refractivity contribution in [2.75, 3.05) is 5.32 Å². The highest BCUT2D eigenvalue weighted by atomic mass is 35.5. The summed E-state index contributed by atoms with van der Waals surface area (Å²) in [7, 11) is 0. The highest BCUT2D eigenvalue weighted by Gasteiger charge is 2.24. The summed E-state index contributed by atoms with van der Waals surface area (Å²) >= 11 is 7.67. The van der Waals surface area contributed by atoms with Gasteiger partial charge in [0.2, 0.25) is 0 Å². The Kier molecular flexibility index (Phi) is 6.42. The quantitative estimate of drug-likeness (QED) is 0.350. The molecule has 33 heavy (non-hydrogen) atoms. The first-order valence-corrected chi connectivity index (χ1v) is 12.0. The maximum Gasteiger partial charge on any atom is 0.266 e. The number of rotatable bonds is 4. The van der Waals surface area contributed by atoms with E-state index in [4.69, 9.17) is 11.6 Å². The lowest BCUT2D eigenvalue weighted by molar-refractivity contribution is -0.112. The topological polar surface area (TPSA) is 81.6 Å². The summed E-state index contributed by atoms with van der Waals surface area (Å²) in [4.78, 5) is 14.1. The molecule has 0 saturated heterocycles. The molecule has 0 bridgehead atoms. The van der Waals surface area contributed by atoms with E-state index in [9.17, 15) is 15.3 Å². The summed E-state index contributed by atoms with van der Waals surface area (Å²) in [5.74, 6) is -0.475. The summed E-state index contributed by atoms with van der Waals surface area (Å²) in [6.45, 7) is 5.78. The highest BCUT2D eigenvalue weighted by molar-refractivity contribution is 7.15. The van der Waals surface area contributed by atoms with Crippen LogP contribution in [0.4, 0.5) is 5.69 Å². The molecule has 1 N–H and O–H groups in total. The average Bonchev–Trinajstić information content (AvgIpc) is 3.29. The number of halogens is 1. The van der Waals surface area contributed by atoms with E-state index in [1.165, 1.54) is 10.4 Å². The fourth-order valence-electron chi connectivity index (χ4n) is 4.33. The number of nitriles is 2. The van der Waals surface area contributed by atoms with Gasteiger partial charge in [0.25, 0.3) is 5.91 Å². The van der Waals surface area contributed by atoms with E-state index in [-0.39, 0.29) is 5.57 Å². The largest absolute Gasteiger partial charge is 0.321 e. The maximum atomic E-state index is 12.8. The highest BCUT2D eigenvalue weighted by Crippen LogP contribution is 2.38. The molecule has 0 fully saturated rings. The Bertz CT molecular complexity index is 1380. The first-order chi connectivity index (χ1) is 15.8. The second-order valence-electron chi connectivity index (χ2n) is 8.25. The monoisotopic (exact) mass is 474 g/mol. The number of anilines is 1. The number of carbonyl (C=O) groups is 1. The summed E-state index contributed by atoms with van der Waals surface area (Å²) < 4.78 is 2.07. The molecule has 2 aromatic heterocycles. The molecule has 1 amide bonds. The third-order valence-corrected chi connectivity index (χ3v) is 7.55. The Hall–Kier alpha value is -3.32. The standard InChI is InChI=1S/C26H23ClN4OS/c1-15-10-20(27)8-9-23(15)30-25(32)19(13-28)12-18-11-16(2)31(17(18)3)26-22(14-29)21-6-4-5-7-24(21)33-26/h8-12H,4-7H2,1-3H3,(H,30,32)/b19-12+. The summed E-state index contributed by atoms with van der Waals surface area (Å²) in [5.41, 5.74) is 6.01. The van der Waals surface area contributed by atoms with Gasteiger partial charge in [-0.1, -0.05) is 11.6 Å². The zero-order chi connectivity index (χ0) is 23.7.